The molecule has 0 radical (unpaired) electrons. The van der Waals surface area contributed by atoms with Gasteiger partial charge in [-0.3, -0.25) is 14.3 Å². The van der Waals surface area contributed by atoms with E-state index in [1.165, 1.54) is 12.1 Å². The number of piperidine rings is 1. The van der Waals surface area contributed by atoms with E-state index < -0.39 is 11.7 Å². The number of alkyl halides is 3. The van der Waals surface area contributed by atoms with Crippen molar-refractivity contribution in [2.24, 2.45) is 0 Å². The van der Waals surface area contributed by atoms with Gasteiger partial charge in [-0.1, -0.05) is 18.2 Å². The van der Waals surface area contributed by atoms with Crippen LogP contribution >= 0.6 is 12.4 Å². The molecule has 1 atom stereocenters. The van der Waals surface area contributed by atoms with E-state index in [2.05, 4.69) is 5.10 Å². The quantitative estimate of drug-likeness (QED) is 0.526. The van der Waals surface area contributed by atoms with Gasteiger partial charge < -0.3 is 14.7 Å². The van der Waals surface area contributed by atoms with Crippen LogP contribution in [0.25, 0.3) is 0 Å². The third kappa shape index (κ3) is 5.86. The first-order chi connectivity index (χ1) is 17.6. The molecule has 2 saturated heterocycles. The average Bonchev–Trinajstić information content (AvgIpc) is 3.41. The van der Waals surface area contributed by atoms with Crippen molar-refractivity contribution >= 4 is 24.2 Å². The maximum absolute atomic E-state index is 13.6. The molecule has 1 saturated carbocycles. The van der Waals surface area contributed by atoms with Crippen LogP contribution < -0.4 is 0 Å². The summed E-state index contributed by atoms with van der Waals surface area (Å²) in [5.41, 5.74) is 1.19. The van der Waals surface area contributed by atoms with Crippen molar-refractivity contribution < 1.29 is 22.8 Å². The summed E-state index contributed by atoms with van der Waals surface area (Å²) in [6, 6.07) is 5.82. The lowest BCUT2D eigenvalue weighted by Crippen LogP contribution is -2.43. The zero-order valence-corrected chi connectivity index (χ0v) is 22.6. The highest BCUT2D eigenvalue weighted by Gasteiger charge is 2.40. The third-order valence-corrected chi connectivity index (χ3v) is 7.82. The number of amides is 2. The summed E-state index contributed by atoms with van der Waals surface area (Å²) >= 11 is 0. The third-order valence-electron chi connectivity index (χ3n) is 7.82. The van der Waals surface area contributed by atoms with Gasteiger partial charge in [-0.15, -0.1) is 12.4 Å². The second-order valence-electron chi connectivity index (χ2n) is 10.8. The van der Waals surface area contributed by atoms with E-state index in [1.807, 2.05) is 28.6 Å². The van der Waals surface area contributed by atoms with Crippen molar-refractivity contribution in [1.29, 1.82) is 0 Å². The lowest BCUT2D eigenvalue weighted by atomic mass is 9.93. The van der Waals surface area contributed by atoms with Crippen LogP contribution in [0, 0.1) is 0 Å². The molecule has 2 amide bonds. The van der Waals surface area contributed by atoms with Crippen molar-refractivity contribution in [3.05, 3.63) is 52.8 Å². The summed E-state index contributed by atoms with van der Waals surface area (Å²) in [6.07, 6.45) is 1.33. The van der Waals surface area contributed by atoms with Gasteiger partial charge in [0.1, 0.15) is 0 Å². The molecular weight excluding hydrogens is 519 g/mol. The van der Waals surface area contributed by atoms with Crippen LogP contribution in [0.3, 0.4) is 0 Å². The summed E-state index contributed by atoms with van der Waals surface area (Å²) in [6.45, 7) is 2.42. The lowest BCUT2D eigenvalue weighted by Gasteiger charge is -2.33. The van der Waals surface area contributed by atoms with Crippen molar-refractivity contribution in [1.82, 2.24) is 24.5 Å². The van der Waals surface area contributed by atoms with Crippen LogP contribution in [0.15, 0.2) is 30.5 Å². The Morgan fingerprint density at radius 3 is 2.26 bits per heavy atom. The number of nitrogens with zero attached hydrogens (tertiary/aromatic N) is 5. The summed E-state index contributed by atoms with van der Waals surface area (Å²) in [4.78, 5) is 31.5. The van der Waals surface area contributed by atoms with Gasteiger partial charge in [-0.05, 0) is 57.8 Å². The standard InChI is InChI=1S/C27H34F3N5O2.ClH/c1-32(2)17-24(36)33-13-10-20(11-14-33)35-25(18-7-8-18)22(15-31-35)26(37)34-12-9-19(16-34)21-5-3-4-6-23(21)27(28,29)30;/h3-6,15,18-20H,7-14,16-17H2,1-2H3;1H/t19-;/m1./s1. The number of carbonyl (C=O) groups is 2. The first kappa shape index (κ1) is 28.4. The number of likely N-dealkylation sites (N-methyl/N-ethyl adjacent to an activating group) is 1. The average molecular weight is 554 g/mol. The van der Waals surface area contributed by atoms with E-state index in [0.29, 0.717) is 44.1 Å². The molecule has 2 aliphatic heterocycles. The topological polar surface area (TPSA) is 61.7 Å². The minimum atomic E-state index is -4.42. The number of benzene rings is 1. The van der Waals surface area contributed by atoms with Gasteiger partial charge in [0.2, 0.25) is 5.91 Å². The molecule has 3 aliphatic rings. The largest absolute Gasteiger partial charge is 0.416 e. The Morgan fingerprint density at radius 1 is 0.974 bits per heavy atom. The van der Waals surface area contributed by atoms with E-state index in [9.17, 15) is 22.8 Å². The van der Waals surface area contributed by atoms with E-state index in [0.717, 1.165) is 37.4 Å². The first-order valence-electron chi connectivity index (χ1n) is 13.1. The van der Waals surface area contributed by atoms with Crippen LogP contribution in [-0.2, 0) is 11.0 Å². The number of hydrogen-bond donors (Lipinski definition) is 0. The predicted molar refractivity (Wildman–Crippen MR) is 140 cm³/mol. The summed E-state index contributed by atoms with van der Waals surface area (Å²) < 4.78 is 42.7. The molecule has 0 unspecified atom stereocenters. The Morgan fingerprint density at radius 2 is 1.63 bits per heavy atom. The van der Waals surface area contributed by atoms with E-state index in [-0.39, 0.29) is 48.3 Å². The molecular formula is C27H35ClF3N5O2. The molecule has 5 rings (SSSR count). The minimum absolute atomic E-state index is 0. The van der Waals surface area contributed by atoms with Crippen molar-refractivity contribution in [2.75, 3.05) is 46.8 Å². The second-order valence-corrected chi connectivity index (χ2v) is 10.8. The number of carbonyl (C=O) groups excluding carboxylic acids is 2. The minimum Gasteiger partial charge on any atom is -0.341 e. The molecule has 11 heteroatoms. The molecule has 0 bridgehead atoms. The van der Waals surface area contributed by atoms with Gasteiger partial charge in [0, 0.05) is 38.0 Å². The van der Waals surface area contributed by atoms with Crippen LogP contribution in [0.5, 0.6) is 0 Å². The van der Waals surface area contributed by atoms with Crippen LogP contribution in [-0.4, -0.2) is 83.1 Å². The fourth-order valence-corrected chi connectivity index (χ4v) is 5.80. The normalized spacial score (nSPS) is 20.6. The van der Waals surface area contributed by atoms with Crippen molar-refractivity contribution in [3.63, 3.8) is 0 Å². The van der Waals surface area contributed by atoms with Crippen molar-refractivity contribution in [2.45, 2.75) is 56.2 Å². The number of rotatable bonds is 6. The highest BCUT2D eigenvalue weighted by Crippen LogP contribution is 2.44. The Kier molecular flexibility index (Phi) is 8.42. The molecule has 1 aliphatic carbocycles. The number of aromatic nitrogens is 2. The molecule has 1 aromatic heterocycles. The molecule has 3 fully saturated rings. The van der Waals surface area contributed by atoms with Crippen LogP contribution in [0.4, 0.5) is 13.2 Å². The lowest BCUT2D eigenvalue weighted by molar-refractivity contribution is -0.138. The van der Waals surface area contributed by atoms with E-state index in [4.69, 9.17) is 0 Å². The van der Waals surface area contributed by atoms with Gasteiger partial charge in [0.05, 0.1) is 35.6 Å². The van der Waals surface area contributed by atoms with Crippen molar-refractivity contribution in [3.8, 4) is 0 Å². The summed E-state index contributed by atoms with van der Waals surface area (Å²) in [5, 5.41) is 4.64. The smallest absolute Gasteiger partial charge is 0.341 e. The van der Waals surface area contributed by atoms with Crippen LogP contribution in [0.1, 0.15) is 77.2 Å². The maximum atomic E-state index is 13.6. The molecule has 0 spiro atoms. The fourth-order valence-electron chi connectivity index (χ4n) is 5.80. The monoisotopic (exact) mass is 553 g/mol. The molecule has 38 heavy (non-hydrogen) atoms. The van der Waals surface area contributed by atoms with Gasteiger partial charge in [-0.2, -0.15) is 18.3 Å². The second kappa shape index (κ2) is 11.3. The Hall–Kier alpha value is -2.59. The maximum Gasteiger partial charge on any atom is 0.416 e. The van der Waals surface area contributed by atoms with Gasteiger partial charge in [0.25, 0.3) is 5.91 Å². The number of halogens is 4. The SMILES string of the molecule is CN(C)CC(=O)N1CCC(n2ncc(C(=O)N3CC[C@@H](c4ccccc4C(F)(F)F)C3)c2C2CC2)CC1.Cl. The summed E-state index contributed by atoms with van der Waals surface area (Å²) in [7, 11) is 3.76. The molecule has 208 valence electrons. The highest BCUT2D eigenvalue weighted by molar-refractivity contribution is 5.95. The Labute approximate surface area is 227 Å². The zero-order chi connectivity index (χ0) is 26.3. The summed E-state index contributed by atoms with van der Waals surface area (Å²) in [5.74, 6) is -0.0685. The van der Waals surface area contributed by atoms with Crippen LogP contribution in [0.2, 0.25) is 0 Å². The fraction of sp³-hybridized carbons (Fsp3) is 0.593. The molecule has 3 heterocycles. The first-order valence-corrected chi connectivity index (χ1v) is 13.1. The van der Waals surface area contributed by atoms with E-state index in [1.54, 1.807) is 17.2 Å². The molecule has 0 N–H and O–H groups in total. The molecule has 2 aromatic rings. The predicted octanol–water partition coefficient (Wildman–Crippen LogP) is 4.56. The Bertz CT molecular complexity index is 1160. The molecule has 1 aromatic carbocycles. The highest BCUT2D eigenvalue weighted by atomic mass is 35.5. The van der Waals surface area contributed by atoms with Gasteiger partial charge >= 0.3 is 6.18 Å². The number of likely N-dealkylation sites (tertiary alicyclic amines) is 2. The van der Waals surface area contributed by atoms with E-state index >= 15 is 0 Å². The zero-order valence-electron chi connectivity index (χ0n) is 21.8. The number of hydrogen-bond acceptors (Lipinski definition) is 4. The van der Waals surface area contributed by atoms with Gasteiger partial charge in [0.15, 0.2) is 0 Å². The molecule has 7 nitrogen and oxygen atoms in total. The Balaban J connectivity index is 0.00000336. The van der Waals surface area contributed by atoms with Gasteiger partial charge in [-0.25, -0.2) is 0 Å².